The van der Waals surface area contributed by atoms with Crippen molar-refractivity contribution < 1.29 is 14.6 Å². The van der Waals surface area contributed by atoms with Crippen LogP contribution in [0.15, 0.2) is 42.2 Å². The number of benzene rings is 2. The molecule has 1 aliphatic rings. The summed E-state index contributed by atoms with van der Waals surface area (Å²) in [6, 6.07) is 10.7. The normalized spacial score (nSPS) is 14.2. The summed E-state index contributed by atoms with van der Waals surface area (Å²) < 4.78 is 4.70. The molecule has 28 heavy (non-hydrogen) atoms. The van der Waals surface area contributed by atoms with Crippen molar-refractivity contribution in [1.82, 2.24) is 9.97 Å². The maximum absolute atomic E-state index is 11.6. The standard InChI is InChI=1S/C21H20N4O3/c1-11-8-15-16(9-12(11)2)24-20(23-15)18-17(26)10-25(19(18)22)14-6-4-13(5-7-14)21(27)28-3/h4-9,22,26H,10H2,1-3H3,(H,23,24). The molecule has 0 atom stereocenters. The van der Waals surface area contributed by atoms with Crippen LogP contribution in [-0.2, 0) is 4.74 Å². The van der Waals surface area contributed by atoms with Crippen molar-refractivity contribution in [2.75, 3.05) is 18.6 Å². The first-order valence-corrected chi connectivity index (χ1v) is 8.83. The van der Waals surface area contributed by atoms with Gasteiger partial charge in [0.25, 0.3) is 0 Å². The van der Waals surface area contributed by atoms with Gasteiger partial charge >= 0.3 is 5.97 Å². The van der Waals surface area contributed by atoms with Gasteiger partial charge in [-0.05, 0) is 61.4 Å². The van der Waals surface area contributed by atoms with Crippen LogP contribution in [0, 0.1) is 19.3 Å². The molecule has 1 aliphatic heterocycles. The van der Waals surface area contributed by atoms with Gasteiger partial charge in [-0.3, -0.25) is 5.41 Å². The van der Waals surface area contributed by atoms with E-state index in [1.54, 1.807) is 29.2 Å². The van der Waals surface area contributed by atoms with Crippen molar-refractivity contribution in [2.24, 2.45) is 0 Å². The quantitative estimate of drug-likeness (QED) is 0.605. The molecule has 3 N–H and O–H groups in total. The van der Waals surface area contributed by atoms with Crippen molar-refractivity contribution in [2.45, 2.75) is 13.8 Å². The van der Waals surface area contributed by atoms with E-state index in [4.69, 9.17) is 10.1 Å². The highest BCUT2D eigenvalue weighted by Crippen LogP contribution is 2.31. The van der Waals surface area contributed by atoms with Crippen molar-refractivity contribution in [3.8, 4) is 0 Å². The second-order valence-corrected chi connectivity index (χ2v) is 6.83. The van der Waals surface area contributed by atoms with Crippen LogP contribution in [-0.4, -0.2) is 40.5 Å². The van der Waals surface area contributed by atoms with Crippen LogP contribution in [0.25, 0.3) is 16.6 Å². The fourth-order valence-electron chi connectivity index (χ4n) is 3.33. The van der Waals surface area contributed by atoms with E-state index in [1.165, 1.54) is 7.11 Å². The average Bonchev–Trinajstić information content (AvgIpc) is 3.21. The summed E-state index contributed by atoms with van der Waals surface area (Å²) in [6.45, 7) is 4.22. The number of carbonyl (C=O) groups is 1. The lowest BCUT2D eigenvalue weighted by Gasteiger charge is -2.18. The van der Waals surface area contributed by atoms with E-state index in [0.717, 1.165) is 22.2 Å². The third-order valence-corrected chi connectivity index (χ3v) is 5.04. The number of nitrogens with zero attached hydrogens (tertiary/aromatic N) is 2. The summed E-state index contributed by atoms with van der Waals surface area (Å²) in [5.74, 6) is 0.277. The second-order valence-electron chi connectivity index (χ2n) is 6.83. The molecule has 4 rings (SSSR count). The third-order valence-electron chi connectivity index (χ3n) is 5.04. The van der Waals surface area contributed by atoms with Gasteiger partial charge in [0, 0.05) is 5.69 Å². The largest absolute Gasteiger partial charge is 0.509 e. The minimum absolute atomic E-state index is 0.0783. The van der Waals surface area contributed by atoms with Gasteiger partial charge in [0.15, 0.2) is 0 Å². The fraction of sp³-hybridized carbons (Fsp3) is 0.190. The minimum Gasteiger partial charge on any atom is -0.509 e. The number of fused-ring (bicyclic) bond motifs is 1. The molecule has 0 fully saturated rings. The highest BCUT2D eigenvalue weighted by Gasteiger charge is 2.31. The van der Waals surface area contributed by atoms with Gasteiger partial charge in [0.1, 0.15) is 17.4 Å². The van der Waals surface area contributed by atoms with E-state index >= 15 is 0 Å². The average molecular weight is 376 g/mol. The van der Waals surface area contributed by atoms with Crippen LogP contribution >= 0.6 is 0 Å². The first-order chi connectivity index (χ1) is 13.4. The monoisotopic (exact) mass is 376 g/mol. The maximum Gasteiger partial charge on any atom is 0.337 e. The molecule has 0 bridgehead atoms. The number of carbonyl (C=O) groups excluding carboxylic acids is 1. The summed E-state index contributed by atoms with van der Waals surface area (Å²) in [4.78, 5) is 21.0. The molecule has 0 unspecified atom stereocenters. The highest BCUT2D eigenvalue weighted by atomic mass is 16.5. The predicted molar refractivity (Wildman–Crippen MR) is 108 cm³/mol. The molecule has 142 valence electrons. The van der Waals surface area contributed by atoms with Gasteiger partial charge in [-0.15, -0.1) is 0 Å². The summed E-state index contributed by atoms with van der Waals surface area (Å²) in [5, 5.41) is 19.1. The molecular formula is C21H20N4O3. The zero-order chi connectivity index (χ0) is 20.0. The van der Waals surface area contributed by atoms with Crippen LogP contribution in [0.5, 0.6) is 0 Å². The van der Waals surface area contributed by atoms with Gasteiger partial charge in [-0.2, -0.15) is 0 Å². The molecule has 0 spiro atoms. The Morgan fingerprint density at radius 1 is 1.21 bits per heavy atom. The molecule has 0 saturated carbocycles. The van der Waals surface area contributed by atoms with E-state index in [-0.39, 0.29) is 18.1 Å². The number of amidine groups is 1. The number of H-pyrrole nitrogens is 1. The van der Waals surface area contributed by atoms with E-state index in [2.05, 4.69) is 9.97 Å². The number of methoxy groups -OCH3 is 1. The first kappa shape index (κ1) is 17.8. The van der Waals surface area contributed by atoms with Gasteiger partial charge in [0.2, 0.25) is 0 Å². The number of aliphatic hydroxyl groups excluding tert-OH is 1. The van der Waals surface area contributed by atoms with E-state index in [0.29, 0.717) is 22.6 Å². The number of nitrogens with one attached hydrogen (secondary N) is 2. The van der Waals surface area contributed by atoms with Crippen molar-refractivity contribution >= 4 is 34.1 Å². The number of aromatic nitrogens is 2. The number of aryl methyl sites for hydroxylation is 2. The van der Waals surface area contributed by atoms with Crippen molar-refractivity contribution in [3.63, 3.8) is 0 Å². The summed E-state index contributed by atoms with van der Waals surface area (Å²) in [7, 11) is 1.33. The van der Waals surface area contributed by atoms with Crippen molar-refractivity contribution in [1.29, 1.82) is 5.41 Å². The molecule has 7 heteroatoms. The number of aliphatic hydroxyl groups is 1. The maximum atomic E-state index is 11.6. The smallest absolute Gasteiger partial charge is 0.337 e. The van der Waals surface area contributed by atoms with Crippen LogP contribution < -0.4 is 4.90 Å². The number of hydrogen-bond acceptors (Lipinski definition) is 5. The molecule has 2 heterocycles. The zero-order valence-corrected chi connectivity index (χ0v) is 15.8. The molecule has 0 aliphatic carbocycles. The number of hydrogen-bond donors (Lipinski definition) is 3. The Labute approximate surface area is 161 Å². The highest BCUT2D eigenvalue weighted by molar-refractivity contribution is 6.30. The predicted octanol–water partition coefficient (Wildman–Crippen LogP) is 3.73. The van der Waals surface area contributed by atoms with Gasteiger partial charge in [0.05, 0.1) is 35.8 Å². The second kappa shape index (κ2) is 6.53. The topological polar surface area (TPSA) is 102 Å². The number of esters is 1. The Balaban J connectivity index is 1.66. The summed E-state index contributed by atoms with van der Waals surface area (Å²) >= 11 is 0. The lowest BCUT2D eigenvalue weighted by atomic mass is 10.1. The molecule has 0 radical (unpaired) electrons. The van der Waals surface area contributed by atoms with Gasteiger partial charge in [-0.1, -0.05) is 0 Å². The zero-order valence-electron chi connectivity index (χ0n) is 15.8. The Bertz CT molecular complexity index is 1100. The van der Waals surface area contributed by atoms with Crippen LogP contribution in [0.3, 0.4) is 0 Å². The molecule has 0 amide bonds. The first-order valence-electron chi connectivity index (χ1n) is 8.83. The van der Waals surface area contributed by atoms with Crippen molar-refractivity contribution in [3.05, 3.63) is 64.7 Å². The number of anilines is 1. The summed E-state index contributed by atoms with van der Waals surface area (Å²) in [6.07, 6.45) is 0. The van der Waals surface area contributed by atoms with E-state index < -0.39 is 5.97 Å². The Kier molecular flexibility index (Phi) is 4.15. The fourth-order valence-corrected chi connectivity index (χ4v) is 3.33. The molecule has 2 aromatic carbocycles. The van der Waals surface area contributed by atoms with Gasteiger partial charge < -0.3 is 19.7 Å². The van der Waals surface area contributed by atoms with Crippen LogP contribution in [0.4, 0.5) is 5.69 Å². The Hall–Kier alpha value is -3.61. The number of rotatable bonds is 3. The molecule has 1 aromatic heterocycles. The van der Waals surface area contributed by atoms with Gasteiger partial charge in [-0.25, -0.2) is 9.78 Å². The Morgan fingerprint density at radius 2 is 1.89 bits per heavy atom. The Morgan fingerprint density at radius 3 is 2.57 bits per heavy atom. The molecular weight excluding hydrogens is 356 g/mol. The number of aromatic amines is 1. The number of ether oxygens (including phenoxy) is 1. The lowest BCUT2D eigenvalue weighted by molar-refractivity contribution is 0.0600. The van der Waals surface area contributed by atoms with Crippen LogP contribution in [0.2, 0.25) is 0 Å². The third kappa shape index (κ3) is 2.81. The molecule has 7 nitrogen and oxygen atoms in total. The van der Waals surface area contributed by atoms with E-state index in [9.17, 15) is 9.90 Å². The molecule has 0 saturated heterocycles. The number of imidazole rings is 1. The lowest BCUT2D eigenvalue weighted by Crippen LogP contribution is -2.26. The summed E-state index contributed by atoms with van der Waals surface area (Å²) in [5.41, 5.74) is 5.45. The molecule has 3 aromatic rings. The SMILES string of the molecule is COC(=O)c1ccc(N2CC(O)=C(c3nc4cc(C)c(C)cc4[nH]3)C2=N)cc1. The van der Waals surface area contributed by atoms with E-state index in [1.807, 2.05) is 26.0 Å². The van der Waals surface area contributed by atoms with Crippen LogP contribution in [0.1, 0.15) is 27.3 Å². The minimum atomic E-state index is -0.419.